The lowest BCUT2D eigenvalue weighted by molar-refractivity contribution is -0.132. The molecular formula is C21H24N4O4. The number of H-pyrrole nitrogens is 1. The van der Waals surface area contributed by atoms with Crippen LogP contribution in [-0.2, 0) is 11.2 Å². The second-order valence-electron chi connectivity index (χ2n) is 7.39. The van der Waals surface area contributed by atoms with Gasteiger partial charge in [0.15, 0.2) is 0 Å². The largest absolute Gasteiger partial charge is 0.497 e. The minimum absolute atomic E-state index is 0.0689. The van der Waals surface area contributed by atoms with Crippen molar-refractivity contribution in [3.05, 3.63) is 52.0 Å². The summed E-state index contributed by atoms with van der Waals surface area (Å²) in [6, 6.07) is 7.40. The molecule has 0 saturated carbocycles. The summed E-state index contributed by atoms with van der Waals surface area (Å²) in [5, 5.41) is 8.90. The minimum atomic E-state index is -0.163. The Hall–Kier alpha value is -3.16. The van der Waals surface area contributed by atoms with Crippen molar-refractivity contribution < 1.29 is 13.9 Å². The second-order valence-corrected chi connectivity index (χ2v) is 7.39. The molecule has 1 aliphatic heterocycles. The standard InChI is InChI=1S/C21H24N4O4/c1-13-23-24-21(29-13)14-7-9-25(10-8-14)19(26)6-4-16-11-15-3-5-17(28-2)12-18(15)22-20(16)27/h3,5,11-12,14H,4,6-10H2,1-2H3,(H,22,27). The van der Waals surface area contributed by atoms with Crippen LogP contribution in [0.3, 0.4) is 0 Å². The zero-order valence-corrected chi connectivity index (χ0v) is 16.6. The van der Waals surface area contributed by atoms with Crippen LogP contribution in [0.2, 0.25) is 0 Å². The highest BCUT2D eigenvalue weighted by atomic mass is 16.5. The van der Waals surface area contributed by atoms with Gasteiger partial charge in [-0.2, -0.15) is 0 Å². The topological polar surface area (TPSA) is 101 Å². The number of piperidine rings is 1. The summed E-state index contributed by atoms with van der Waals surface area (Å²) in [4.78, 5) is 29.7. The number of hydrogen-bond acceptors (Lipinski definition) is 6. The van der Waals surface area contributed by atoms with Crippen LogP contribution >= 0.6 is 0 Å². The molecule has 1 aliphatic rings. The highest BCUT2D eigenvalue weighted by molar-refractivity contribution is 5.81. The molecule has 0 atom stereocenters. The molecule has 0 bridgehead atoms. The van der Waals surface area contributed by atoms with Crippen LogP contribution in [0, 0.1) is 6.92 Å². The van der Waals surface area contributed by atoms with Gasteiger partial charge < -0.3 is 19.0 Å². The third-order valence-electron chi connectivity index (χ3n) is 5.48. The molecule has 1 fully saturated rings. The van der Waals surface area contributed by atoms with E-state index in [0.29, 0.717) is 49.0 Å². The van der Waals surface area contributed by atoms with E-state index in [2.05, 4.69) is 15.2 Å². The van der Waals surface area contributed by atoms with Crippen LogP contribution in [0.1, 0.15) is 42.5 Å². The molecule has 3 heterocycles. The normalized spacial score (nSPS) is 15.0. The molecule has 29 heavy (non-hydrogen) atoms. The molecule has 4 rings (SSSR count). The van der Waals surface area contributed by atoms with Gasteiger partial charge in [-0.3, -0.25) is 9.59 Å². The van der Waals surface area contributed by atoms with Gasteiger partial charge in [0, 0.05) is 44.0 Å². The number of fused-ring (bicyclic) bond motifs is 1. The van der Waals surface area contributed by atoms with Crippen LogP contribution in [0.25, 0.3) is 10.9 Å². The number of benzene rings is 1. The van der Waals surface area contributed by atoms with Crippen molar-refractivity contribution in [3.8, 4) is 5.75 Å². The third-order valence-corrected chi connectivity index (χ3v) is 5.48. The van der Waals surface area contributed by atoms with Gasteiger partial charge in [-0.15, -0.1) is 10.2 Å². The first-order valence-electron chi connectivity index (χ1n) is 9.81. The number of carbonyl (C=O) groups is 1. The lowest BCUT2D eigenvalue weighted by Crippen LogP contribution is -2.38. The first kappa shape index (κ1) is 19.2. The Morgan fingerprint density at radius 2 is 2.07 bits per heavy atom. The molecule has 152 valence electrons. The average Bonchev–Trinajstić information content (AvgIpc) is 3.18. The summed E-state index contributed by atoms with van der Waals surface area (Å²) in [7, 11) is 1.59. The van der Waals surface area contributed by atoms with Gasteiger partial charge in [-0.1, -0.05) is 0 Å². The van der Waals surface area contributed by atoms with E-state index in [9.17, 15) is 9.59 Å². The van der Waals surface area contributed by atoms with E-state index in [1.807, 2.05) is 23.1 Å². The summed E-state index contributed by atoms with van der Waals surface area (Å²) in [6.07, 6.45) is 2.35. The van der Waals surface area contributed by atoms with E-state index < -0.39 is 0 Å². The fourth-order valence-corrected chi connectivity index (χ4v) is 3.79. The van der Waals surface area contributed by atoms with Crippen LogP contribution < -0.4 is 10.3 Å². The van der Waals surface area contributed by atoms with Gasteiger partial charge in [0.25, 0.3) is 5.56 Å². The van der Waals surface area contributed by atoms with E-state index in [1.54, 1.807) is 20.1 Å². The smallest absolute Gasteiger partial charge is 0.251 e. The fraction of sp³-hybridized carbons (Fsp3) is 0.429. The van der Waals surface area contributed by atoms with Crippen molar-refractivity contribution in [1.82, 2.24) is 20.1 Å². The Bertz CT molecular complexity index is 1080. The molecule has 1 saturated heterocycles. The zero-order valence-electron chi connectivity index (χ0n) is 16.6. The maximum atomic E-state index is 12.6. The van der Waals surface area contributed by atoms with Gasteiger partial charge in [0.05, 0.1) is 12.6 Å². The number of nitrogens with zero attached hydrogens (tertiary/aromatic N) is 3. The fourth-order valence-electron chi connectivity index (χ4n) is 3.79. The Morgan fingerprint density at radius 1 is 1.28 bits per heavy atom. The van der Waals surface area contributed by atoms with Crippen molar-refractivity contribution in [2.24, 2.45) is 0 Å². The van der Waals surface area contributed by atoms with Gasteiger partial charge in [-0.25, -0.2) is 0 Å². The molecule has 1 amide bonds. The van der Waals surface area contributed by atoms with Crippen LogP contribution in [-0.4, -0.2) is 46.2 Å². The summed E-state index contributed by atoms with van der Waals surface area (Å²) in [5.74, 6) is 2.20. The Kier molecular flexibility index (Phi) is 5.33. The molecule has 0 aliphatic carbocycles. The van der Waals surface area contributed by atoms with E-state index in [-0.39, 0.29) is 17.4 Å². The van der Waals surface area contributed by atoms with Gasteiger partial charge in [0.1, 0.15) is 5.75 Å². The molecule has 0 radical (unpaired) electrons. The molecule has 1 N–H and O–H groups in total. The number of hydrogen-bond donors (Lipinski definition) is 1. The molecule has 0 spiro atoms. The van der Waals surface area contributed by atoms with Crippen LogP contribution in [0.15, 0.2) is 33.5 Å². The molecule has 8 nitrogen and oxygen atoms in total. The number of nitrogens with one attached hydrogen (secondary N) is 1. The quantitative estimate of drug-likeness (QED) is 0.711. The highest BCUT2D eigenvalue weighted by Crippen LogP contribution is 2.27. The SMILES string of the molecule is COc1ccc2cc(CCC(=O)N3CCC(c4nnc(C)o4)CC3)c(=O)[nH]c2c1. The van der Waals surface area contributed by atoms with E-state index in [0.717, 1.165) is 23.7 Å². The summed E-state index contributed by atoms with van der Waals surface area (Å²) in [5.41, 5.74) is 1.18. The van der Waals surface area contributed by atoms with Crippen LogP contribution in [0.5, 0.6) is 5.75 Å². The highest BCUT2D eigenvalue weighted by Gasteiger charge is 2.27. The van der Waals surface area contributed by atoms with Gasteiger partial charge in [0.2, 0.25) is 17.7 Å². The average molecular weight is 396 g/mol. The monoisotopic (exact) mass is 396 g/mol. The van der Waals surface area contributed by atoms with Crippen LogP contribution in [0.4, 0.5) is 0 Å². The zero-order chi connectivity index (χ0) is 20.4. The van der Waals surface area contributed by atoms with Gasteiger partial charge >= 0.3 is 0 Å². The maximum Gasteiger partial charge on any atom is 0.251 e. The summed E-state index contributed by atoms with van der Waals surface area (Å²) in [6.45, 7) is 3.11. The number of amides is 1. The number of ether oxygens (including phenoxy) is 1. The number of rotatable bonds is 5. The lowest BCUT2D eigenvalue weighted by atomic mass is 9.96. The predicted octanol–water partition coefficient (Wildman–Crippen LogP) is 2.57. The number of aromatic nitrogens is 3. The number of methoxy groups -OCH3 is 1. The van der Waals surface area contributed by atoms with Crippen molar-refractivity contribution in [2.45, 2.75) is 38.5 Å². The molecule has 1 aromatic carbocycles. The van der Waals surface area contributed by atoms with E-state index in [4.69, 9.17) is 9.15 Å². The van der Waals surface area contributed by atoms with Crippen molar-refractivity contribution in [3.63, 3.8) is 0 Å². The Balaban J connectivity index is 1.36. The first-order chi connectivity index (χ1) is 14.0. The van der Waals surface area contributed by atoms with E-state index >= 15 is 0 Å². The number of aryl methyl sites for hydroxylation is 2. The number of carbonyl (C=O) groups excluding carboxylic acids is 1. The Morgan fingerprint density at radius 3 is 2.76 bits per heavy atom. The van der Waals surface area contributed by atoms with Crippen molar-refractivity contribution in [1.29, 1.82) is 0 Å². The lowest BCUT2D eigenvalue weighted by Gasteiger charge is -2.30. The summed E-state index contributed by atoms with van der Waals surface area (Å²) < 4.78 is 10.7. The Labute approximate surface area is 167 Å². The second kappa shape index (κ2) is 8.06. The molecule has 2 aromatic heterocycles. The third kappa shape index (κ3) is 4.16. The molecular weight excluding hydrogens is 372 g/mol. The van der Waals surface area contributed by atoms with Crippen molar-refractivity contribution in [2.75, 3.05) is 20.2 Å². The van der Waals surface area contributed by atoms with E-state index in [1.165, 1.54) is 0 Å². The number of likely N-dealkylation sites (tertiary alicyclic amines) is 1. The molecule has 0 unspecified atom stereocenters. The minimum Gasteiger partial charge on any atom is -0.497 e. The molecule has 3 aromatic rings. The predicted molar refractivity (Wildman–Crippen MR) is 107 cm³/mol. The first-order valence-corrected chi connectivity index (χ1v) is 9.81. The number of pyridine rings is 1. The number of aromatic amines is 1. The van der Waals surface area contributed by atoms with Crippen molar-refractivity contribution >= 4 is 16.8 Å². The molecule has 8 heteroatoms. The van der Waals surface area contributed by atoms with Gasteiger partial charge in [-0.05, 0) is 42.8 Å². The summed E-state index contributed by atoms with van der Waals surface area (Å²) >= 11 is 0. The maximum absolute atomic E-state index is 12.6.